The van der Waals surface area contributed by atoms with Gasteiger partial charge in [0.15, 0.2) is 5.58 Å². The largest absolute Gasteiger partial charge is 0.452 e. The SMILES string of the molecule is C=c1\c(=C/C(=C\C)C(=C\CC)/C=C(\C)C2=CC=c3oc4c(-c5cccc(-c6ccc7c8ccccc8c8ccccc8c7c6)c5)ncnc4c3=CC2)c2ccccc2c2ccccc12. The lowest BCUT2D eigenvalue weighted by Crippen LogP contribution is -2.25. The first kappa shape index (κ1) is 39.0. The van der Waals surface area contributed by atoms with Crippen LogP contribution in [0.25, 0.3) is 112 Å². The Hall–Kier alpha value is -7.88. The summed E-state index contributed by atoms with van der Waals surface area (Å²) in [6.07, 6.45) is 19.1. The summed E-state index contributed by atoms with van der Waals surface area (Å²) < 4.78 is 6.69. The predicted molar refractivity (Wildman–Crippen MR) is 273 cm³/mol. The monoisotopic (exact) mass is 822 g/mol. The van der Waals surface area contributed by atoms with E-state index >= 15 is 0 Å². The van der Waals surface area contributed by atoms with E-state index in [9.17, 15) is 0 Å². The van der Waals surface area contributed by atoms with E-state index in [1.807, 2.05) is 0 Å². The highest BCUT2D eigenvalue weighted by atomic mass is 16.3. The molecule has 0 unspecified atom stereocenters. The molecule has 2 aromatic heterocycles. The van der Waals surface area contributed by atoms with Crippen LogP contribution < -0.4 is 21.1 Å². The van der Waals surface area contributed by atoms with E-state index in [0.717, 1.165) is 61.8 Å². The van der Waals surface area contributed by atoms with Crippen molar-refractivity contribution >= 4 is 89.8 Å². The van der Waals surface area contributed by atoms with Crippen molar-refractivity contribution in [3.05, 3.63) is 214 Å². The fourth-order valence-corrected chi connectivity index (χ4v) is 9.85. The maximum atomic E-state index is 6.69. The Kier molecular flexibility index (Phi) is 9.81. The molecule has 0 saturated heterocycles. The van der Waals surface area contributed by atoms with Gasteiger partial charge in [-0.05, 0) is 149 Å². The maximum absolute atomic E-state index is 6.69. The molecule has 0 fully saturated rings. The first-order valence-electron chi connectivity index (χ1n) is 22.2. The Labute approximate surface area is 372 Å². The molecule has 0 radical (unpaired) electrons. The average Bonchev–Trinajstić information content (AvgIpc) is 3.57. The summed E-state index contributed by atoms with van der Waals surface area (Å²) >= 11 is 0. The molecule has 0 atom stereocenters. The lowest BCUT2D eigenvalue weighted by atomic mass is 9.91. The number of nitrogens with zero attached hydrogens (tertiary/aromatic N) is 2. The van der Waals surface area contributed by atoms with Gasteiger partial charge < -0.3 is 4.42 Å². The van der Waals surface area contributed by atoms with Gasteiger partial charge in [0.2, 0.25) is 0 Å². The third kappa shape index (κ3) is 6.60. The summed E-state index contributed by atoms with van der Waals surface area (Å²) in [6, 6.07) is 50.2. The van der Waals surface area contributed by atoms with Gasteiger partial charge in [-0.2, -0.15) is 0 Å². The first-order valence-corrected chi connectivity index (χ1v) is 22.2. The molecule has 0 N–H and O–H groups in total. The lowest BCUT2D eigenvalue weighted by molar-refractivity contribution is 0.575. The van der Waals surface area contributed by atoms with Crippen molar-refractivity contribution in [1.82, 2.24) is 9.97 Å². The number of benzene rings is 8. The standard InChI is InChI=1S/C61H46N2O/c1-5-16-42(40(6-2)35-56-39(4)46-19-7-8-20-47(46)48-21-11-13-25-52(48)56)33-38(3)41-27-31-55-58(32-29-41)64-61-59(62-37-63-60(55)61)45-18-15-17-43(34-45)44-28-30-54-51-24-10-9-22-49(51)50-23-12-14-26-53(50)57(54)36-44/h6-26,28-37H,4-5,27H2,1-3H3/b38-33+,40-6+,42-16-,56-35+. The van der Waals surface area contributed by atoms with Gasteiger partial charge in [0.1, 0.15) is 23.0 Å². The summed E-state index contributed by atoms with van der Waals surface area (Å²) in [6.45, 7) is 11.1. The molecule has 0 saturated carbocycles. The molecule has 0 amide bonds. The maximum Gasteiger partial charge on any atom is 0.180 e. The lowest BCUT2D eigenvalue weighted by Gasteiger charge is -2.12. The number of furan rings is 1. The van der Waals surface area contributed by atoms with E-state index in [2.05, 4.69) is 209 Å². The molecular formula is C61H46N2O. The molecule has 11 rings (SSSR count). The van der Waals surface area contributed by atoms with Crippen LogP contribution in [0.3, 0.4) is 0 Å². The highest BCUT2D eigenvalue weighted by Crippen LogP contribution is 2.38. The van der Waals surface area contributed by atoms with Gasteiger partial charge in [-0.25, -0.2) is 9.97 Å². The number of hydrogen-bond acceptors (Lipinski definition) is 3. The van der Waals surface area contributed by atoms with Crippen molar-refractivity contribution in [1.29, 1.82) is 0 Å². The number of rotatable bonds is 7. The number of fused-ring (bicyclic) bond motifs is 12. The summed E-state index contributed by atoms with van der Waals surface area (Å²) in [7, 11) is 0. The Morgan fingerprint density at radius 1 is 0.625 bits per heavy atom. The topological polar surface area (TPSA) is 38.9 Å². The number of aromatic nitrogens is 2. The van der Waals surface area contributed by atoms with Gasteiger partial charge in [0, 0.05) is 10.8 Å². The van der Waals surface area contributed by atoms with E-state index in [-0.39, 0.29) is 0 Å². The molecule has 3 nitrogen and oxygen atoms in total. The quantitative estimate of drug-likeness (QED) is 0.119. The molecule has 1 aliphatic rings. The van der Waals surface area contributed by atoms with E-state index in [1.54, 1.807) is 6.33 Å². The zero-order valence-corrected chi connectivity index (χ0v) is 36.3. The van der Waals surface area contributed by atoms with Crippen LogP contribution in [0.15, 0.2) is 197 Å². The van der Waals surface area contributed by atoms with Gasteiger partial charge in [-0.3, -0.25) is 0 Å². The fourth-order valence-electron chi connectivity index (χ4n) is 9.85. The minimum Gasteiger partial charge on any atom is -0.452 e. The molecule has 8 aromatic carbocycles. The van der Waals surface area contributed by atoms with Crippen molar-refractivity contribution in [2.45, 2.75) is 33.6 Å². The number of hydrogen-bond donors (Lipinski definition) is 0. The van der Waals surface area contributed by atoms with Crippen LogP contribution in [0.5, 0.6) is 0 Å². The number of allylic oxidation sites excluding steroid dienone is 8. The van der Waals surface area contributed by atoms with Crippen molar-refractivity contribution in [3.63, 3.8) is 0 Å². The predicted octanol–water partition coefficient (Wildman–Crippen LogP) is 13.3. The van der Waals surface area contributed by atoms with E-state index in [0.29, 0.717) is 5.58 Å². The van der Waals surface area contributed by atoms with Crippen LogP contribution in [0.4, 0.5) is 0 Å². The second-order valence-electron chi connectivity index (χ2n) is 16.7. The van der Waals surface area contributed by atoms with E-state index in [1.165, 1.54) is 76.2 Å². The first-order chi connectivity index (χ1) is 31.5. The van der Waals surface area contributed by atoms with Crippen molar-refractivity contribution < 1.29 is 4.42 Å². The summed E-state index contributed by atoms with van der Waals surface area (Å²) in [4.78, 5) is 9.61. The normalized spacial score (nSPS) is 14.0. The minimum atomic E-state index is 0.699. The summed E-state index contributed by atoms with van der Waals surface area (Å²) in [5.41, 5.74) is 11.2. The third-order valence-corrected chi connectivity index (χ3v) is 13.0. The molecule has 2 heterocycles. The second-order valence-corrected chi connectivity index (χ2v) is 16.7. The van der Waals surface area contributed by atoms with Gasteiger partial charge in [0.25, 0.3) is 0 Å². The van der Waals surface area contributed by atoms with Crippen LogP contribution in [-0.4, -0.2) is 9.97 Å². The van der Waals surface area contributed by atoms with Crippen LogP contribution in [-0.2, 0) is 0 Å². The van der Waals surface area contributed by atoms with Gasteiger partial charge in [-0.1, -0.05) is 171 Å². The summed E-state index contributed by atoms with van der Waals surface area (Å²) in [5, 5.41) is 15.7. The Bertz CT molecular complexity index is 3920. The van der Waals surface area contributed by atoms with Crippen molar-refractivity contribution in [2.75, 3.05) is 0 Å². The molecule has 3 heteroatoms. The fraction of sp³-hybridized carbons (Fsp3) is 0.0820. The zero-order chi connectivity index (χ0) is 43.3. The molecule has 0 spiro atoms. The highest BCUT2D eigenvalue weighted by Gasteiger charge is 2.16. The van der Waals surface area contributed by atoms with Crippen LogP contribution in [0.2, 0.25) is 0 Å². The second kappa shape index (κ2) is 16.1. The molecule has 1 aliphatic carbocycles. The molecule has 10 aromatic rings. The smallest absolute Gasteiger partial charge is 0.180 e. The molecular weight excluding hydrogens is 777 g/mol. The van der Waals surface area contributed by atoms with Crippen LogP contribution >= 0.6 is 0 Å². The summed E-state index contributed by atoms with van der Waals surface area (Å²) in [5.74, 6) is 0. The average molecular weight is 823 g/mol. The van der Waals surface area contributed by atoms with Gasteiger partial charge in [-0.15, -0.1) is 0 Å². The van der Waals surface area contributed by atoms with Gasteiger partial charge >= 0.3 is 0 Å². The minimum absolute atomic E-state index is 0.699. The zero-order valence-electron chi connectivity index (χ0n) is 36.3. The van der Waals surface area contributed by atoms with Crippen LogP contribution in [0, 0.1) is 0 Å². The van der Waals surface area contributed by atoms with E-state index in [4.69, 9.17) is 14.4 Å². The Morgan fingerprint density at radius 2 is 1.22 bits per heavy atom. The third-order valence-electron chi connectivity index (χ3n) is 13.0. The van der Waals surface area contributed by atoms with Crippen molar-refractivity contribution in [2.24, 2.45) is 0 Å². The van der Waals surface area contributed by atoms with Gasteiger partial charge in [0.05, 0.1) is 0 Å². The van der Waals surface area contributed by atoms with Crippen molar-refractivity contribution in [3.8, 4) is 22.4 Å². The molecule has 0 bridgehead atoms. The van der Waals surface area contributed by atoms with Crippen LogP contribution in [0.1, 0.15) is 33.6 Å². The Morgan fingerprint density at radius 3 is 1.91 bits per heavy atom. The highest BCUT2D eigenvalue weighted by molar-refractivity contribution is 6.25. The van der Waals surface area contributed by atoms with E-state index < -0.39 is 0 Å². The molecule has 306 valence electrons. The molecule has 0 aliphatic heterocycles. The Balaban J connectivity index is 0.942. The molecule has 64 heavy (non-hydrogen) atoms.